The molecule has 0 aromatic rings. The van der Waals surface area contributed by atoms with Crippen LogP contribution in [0.1, 0.15) is 33.6 Å². The molecule has 1 fully saturated rings. The Bertz CT molecular complexity index is 425. The minimum Gasteiger partial charge on any atom is -0.354 e. The van der Waals surface area contributed by atoms with Gasteiger partial charge in [-0.25, -0.2) is 8.42 Å². The first-order valence-corrected chi connectivity index (χ1v) is 8.22. The zero-order chi connectivity index (χ0) is 14.2. The molecular formula is C12H25ClN2O3S. The molecule has 0 heterocycles. The summed E-state index contributed by atoms with van der Waals surface area (Å²) in [6.07, 6.45) is 2.94. The highest BCUT2D eigenvalue weighted by molar-refractivity contribution is 7.90. The lowest BCUT2D eigenvalue weighted by molar-refractivity contribution is -0.124. The topological polar surface area (TPSA) is 89.3 Å². The molecule has 0 spiro atoms. The van der Waals surface area contributed by atoms with E-state index in [1.165, 1.54) is 6.26 Å². The second kappa shape index (κ2) is 5.97. The summed E-state index contributed by atoms with van der Waals surface area (Å²) in [6.45, 7) is 6.12. The van der Waals surface area contributed by atoms with E-state index in [1.54, 1.807) is 0 Å². The Labute approximate surface area is 122 Å². The molecule has 0 bridgehead atoms. The van der Waals surface area contributed by atoms with Gasteiger partial charge in [0.2, 0.25) is 5.91 Å². The van der Waals surface area contributed by atoms with E-state index in [0.717, 1.165) is 12.8 Å². The van der Waals surface area contributed by atoms with Gasteiger partial charge in [-0.2, -0.15) is 0 Å². The standard InChI is InChI=1S/C12H24N2O3S.ClH/c1-11(2,3)9(13)10(15)14-7-12(5-6-12)8-18(4,16)17;/h9H,5-8,13H2,1-4H3,(H,14,15);1H/t9-;/m1./s1. The molecule has 1 amide bonds. The first-order chi connectivity index (χ1) is 7.95. The number of hydrogen-bond acceptors (Lipinski definition) is 4. The maximum absolute atomic E-state index is 11.8. The molecule has 114 valence electrons. The molecule has 7 heteroatoms. The van der Waals surface area contributed by atoms with Gasteiger partial charge >= 0.3 is 0 Å². The highest BCUT2D eigenvalue weighted by atomic mass is 35.5. The molecule has 19 heavy (non-hydrogen) atoms. The number of sulfone groups is 1. The fraction of sp³-hybridized carbons (Fsp3) is 0.917. The van der Waals surface area contributed by atoms with Crippen molar-refractivity contribution in [2.75, 3.05) is 18.6 Å². The van der Waals surface area contributed by atoms with Crippen LogP contribution in [0.5, 0.6) is 0 Å². The summed E-state index contributed by atoms with van der Waals surface area (Å²) < 4.78 is 22.6. The van der Waals surface area contributed by atoms with Crippen LogP contribution in [-0.4, -0.2) is 38.9 Å². The van der Waals surface area contributed by atoms with Crippen LogP contribution in [0.4, 0.5) is 0 Å². The Morgan fingerprint density at radius 2 is 1.84 bits per heavy atom. The van der Waals surface area contributed by atoms with Crippen molar-refractivity contribution in [1.29, 1.82) is 0 Å². The van der Waals surface area contributed by atoms with Crippen molar-refractivity contribution in [1.82, 2.24) is 5.32 Å². The summed E-state index contributed by atoms with van der Waals surface area (Å²) in [6, 6.07) is -0.577. The molecule has 1 rings (SSSR count). The molecule has 1 aliphatic carbocycles. The van der Waals surface area contributed by atoms with E-state index in [2.05, 4.69) is 5.32 Å². The Kier molecular flexibility index (Phi) is 5.87. The van der Waals surface area contributed by atoms with Gasteiger partial charge in [0, 0.05) is 18.2 Å². The fourth-order valence-corrected chi connectivity index (χ4v) is 3.39. The summed E-state index contributed by atoms with van der Waals surface area (Å²) in [7, 11) is -3.00. The molecule has 0 aromatic carbocycles. The second-order valence-corrected chi connectivity index (χ2v) is 8.77. The fourth-order valence-electron chi connectivity index (χ4n) is 1.88. The van der Waals surface area contributed by atoms with Crippen LogP contribution in [0.2, 0.25) is 0 Å². The van der Waals surface area contributed by atoms with E-state index in [9.17, 15) is 13.2 Å². The van der Waals surface area contributed by atoms with Crippen molar-refractivity contribution >= 4 is 28.2 Å². The van der Waals surface area contributed by atoms with Gasteiger partial charge in [-0.15, -0.1) is 12.4 Å². The number of nitrogens with two attached hydrogens (primary N) is 1. The molecule has 3 N–H and O–H groups in total. The van der Waals surface area contributed by atoms with E-state index < -0.39 is 15.9 Å². The third-order valence-corrected chi connectivity index (χ3v) is 4.52. The van der Waals surface area contributed by atoms with Gasteiger partial charge in [0.25, 0.3) is 0 Å². The van der Waals surface area contributed by atoms with Gasteiger partial charge in [-0.3, -0.25) is 4.79 Å². The number of carbonyl (C=O) groups excluding carboxylic acids is 1. The van der Waals surface area contributed by atoms with Gasteiger partial charge in [-0.1, -0.05) is 20.8 Å². The van der Waals surface area contributed by atoms with Crippen LogP contribution in [0.25, 0.3) is 0 Å². The molecule has 5 nitrogen and oxygen atoms in total. The lowest BCUT2D eigenvalue weighted by Gasteiger charge is -2.26. The highest BCUT2D eigenvalue weighted by Crippen LogP contribution is 2.46. The lowest BCUT2D eigenvalue weighted by atomic mass is 9.87. The zero-order valence-electron chi connectivity index (χ0n) is 12.0. The van der Waals surface area contributed by atoms with E-state index >= 15 is 0 Å². The summed E-state index contributed by atoms with van der Waals surface area (Å²) in [5.41, 5.74) is 5.30. The van der Waals surface area contributed by atoms with E-state index in [-0.39, 0.29) is 34.9 Å². The molecular weight excluding hydrogens is 288 g/mol. The summed E-state index contributed by atoms with van der Waals surface area (Å²) in [4.78, 5) is 11.8. The number of rotatable bonds is 5. The third kappa shape index (κ3) is 6.10. The molecule has 0 aliphatic heterocycles. The molecule has 1 atom stereocenters. The number of hydrogen-bond donors (Lipinski definition) is 2. The van der Waals surface area contributed by atoms with E-state index in [4.69, 9.17) is 5.73 Å². The summed E-state index contributed by atoms with van der Waals surface area (Å²) >= 11 is 0. The van der Waals surface area contributed by atoms with Gasteiger partial charge in [0.1, 0.15) is 9.84 Å². The number of halogens is 1. The third-order valence-electron chi connectivity index (χ3n) is 3.38. The number of nitrogens with one attached hydrogen (secondary N) is 1. The molecule has 1 saturated carbocycles. The van der Waals surface area contributed by atoms with Crippen molar-refractivity contribution in [2.24, 2.45) is 16.6 Å². The minimum absolute atomic E-state index is 0. The zero-order valence-corrected chi connectivity index (χ0v) is 13.7. The Morgan fingerprint density at radius 3 is 2.16 bits per heavy atom. The number of amides is 1. The Morgan fingerprint density at radius 1 is 1.37 bits per heavy atom. The van der Waals surface area contributed by atoms with Crippen molar-refractivity contribution < 1.29 is 13.2 Å². The molecule has 1 aliphatic rings. The molecule has 0 unspecified atom stereocenters. The van der Waals surface area contributed by atoms with Crippen LogP contribution in [-0.2, 0) is 14.6 Å². The Balaban J connectivity index is 0.00000324. The number of carbonyl (C=O) groups is 1. The van der Waals surface area contributed by atoms with Crippen LogP contribution in [0.15, 0.2) is 0 Å². The smallest absolute Gasteiger partial charge is 0.237 e. The maximum atomic E-state index is 11.8. The van der Waals surface area contributed by atoms with Crippen molar-refractivity contribution in [3.63, 3.8) is 0 Å². The molecule has 0 aromatic heterocycles. The quantitative estimate of drug-likeness (QED) is 0.783. The first kappa shape index (κ1) is 18.7. The van der Waals surface area contributed by atoms with E-state index in [0.29, 0.717) is 6.54 Å². The predicted octanol–water partition coefficient (Wildman–Crippen LogP) is 0.723. The van der Waals surface area contributed by atoms with Crippen LogP contribution >= 0.6 is 12.4 Å². The largest absolute Gasteiger partial charge is 0.354 e. The average molecular weight is 313 g/mol. The second-order valence-electron chi connectivity index (χ2n) is 6.63. The first-order valence-electron chi connectivity index (χ1n) is 6.16. The monoisotopic (exact) mass is 312 g/mol. The highest BCUT2D eigenvalue weighted by Gasteiger charge is 2.45. The maximum Gasteiger partial charge on any atom is 0.237 e. The van der Waals surface area contributed by atoms with E-state index in [1.807, 2.05) is 20.8 Å². The van der Waals surface area contributed by atoms with Gasteiger partial charge < -0.3 is 11.1 Å². The minimum atomic E-state index is -3.00. The predicted molar refractivity (Wildman–Crippen MR) is 79.1 cm³/mol. The summed E-state index contributed by atoms with van der Waals surface area (Å²) in [5, 5.41) is 2.79. The Hall–Kier alpha value is -0.330. The SMILES string of the molecule is CC(C)(C)[C@H](N)C(=O)NCC1(CS(C)(=O)=O)CC1.Cl. The van der Waals surface area contributed by atoms with Crippen molar-refractivity contribution in [3.8, 4) is 0 Å². The normalized spacial score (nSPS) is 19.2. The molecule has 0 saturated heterocycles. The van der Waals surface area contributed by atoms with Gasteiger partial charge in [0.05, 0.1) is 11.8 Å². The van der Waals surface area contributed by atoms with Crippen molar-refractivity contribution in [3.05, 3.63) is 0 Å². The van der Waals surface area contributed by atoms with Crippen LogP contribution < -0.4 is 11.1 Å². The van der Waals surface area contributed by atoms with Crippen LogP contribution in [0, 0.1) is 10.8 Å². The van der Waals surface area contributed by atoms with Gasteiger partial charge in [0.15, 0.2) is 0 Å². The lowest BCUT2D eigenvalue weighted by Crippen LogP contribution is -2.50. The molecule has 0 radical (unpaired) electrons. The van der Waals surface area contributed by atoms with Crippen LogP contribution in [0.3, 0.4) is 0 Å². The van der Waals surface area contributed by atoms with Crippen molar-refractivity contribution in [2.45, 2.75) is 39.7 Å². The average Bonchev–Trinajstić information content (AvgIpc) is 2.89. The summed E-state index contributed by atoms with van der Waals surface area (Å²) in [5.74, 6) is -0.0623. The van der Waals surface area contributed by atoms with Gasteiger partial charge in [-0.05, 0) is 18.3 Å².